The Kier molecular flexibility index (Phi) is 4.51. The van der Waals surface area contributed by atoms with Gasteiger partial charge in [-0.15, -0.1) is 0 Å². The van der Waals surface area contributed by atoms with Gasteiger partial charge in [-0.1, -0.05) is 23.7 Å². The lowest BCUT2D eigenvalue weighted by molar-refractivity contribution is 0.198. The van der Waals surface area contributed by atoms with Crippen molar-refractivity contribution in [1.29, 1.82) is 0 Å². The van der Waals surface area contributed by atoms with Crippen molar-refractivity contribution >= 4 is 11.6 Å². The standard InChI is InChI=1S/C17H20ClN3/c1-13-9-20-17(10-19-13)12-21-8-2-3-15(11-21)14-4-6-16(18)7-5-14/h4-7,9-10,15H,2-3,8,11-12H2,1H3. The second-order valence-corrected chi connectivity index (χ2v) is 6.21. The van der Waals surface area contributed by atoms with Crippen LogP contribution in [0.1, 0.15) is 35.7 Å². The average Bonchev–Trinajstić information content (AvgIpc) is 2.51. The van der Waals surface area contributed by atoms with E-state index in [0.717, 1.165) is 36.0 Å². The number of piperidine rings is 1. The first-order chi connectivity index (χ1) is 10.2. The van der Waals surface area contributed by atoms with Crippen molar-refractivity contribution in [2.75, 3.05) is 13.1 Å². The maximum atomic E-state index is 5.97. The van der Waals surface area contributed by atoms with Crippen molar-refractivity contribution in [3.05, 3.63) is 58.6 Å². The molecule has 1 aromatic heterocycles. The summed E-state index contributed by atoms with van der Waals surface area (Å²) in [5.41, 5.74) is 3.41. The van der Waals surface area contributed by atoms with Crippen LogP contribution in [0.25, 0.3) is 0 Å². The quantitative estimate of drug-likeness (QED) is 0.863. The van der Waals surface area contributed by atoms with E-state index in [1.807, 2.05) is 31.5 Å². The molecule has 2 aromatic rings. The zero-order valence-electron chi connectivity index (χ0n) is 12.3. The van der Waals surface area contributed by atoms with Gasteiger partial charge in [0.25, 0.3) is 0 Å². The molecule has 3 rings (SSSR count). The minimum Gasteiger partial charge on any atom is -0.297 e. The Morgan fingerprint density at radius 2 is 2.00 bits per heavy atom. The van der Waals surface area contributed by atoms with Crippen LogP contribution in [0.5, 0.6) is 0 Å². The van der Waals surface area contributed by atoms with Crippen molar-refractivity contribution in [3.8, 4) is 0 Å². The Hall–Kier alpha value is -1.45. The fourth-order valence-electron chi connectivity index (χ4n) is 2.94. The smallest absolute Gasteiger partial charge is 0.0727 e. The molecule has 0 radical (unpaired) electrons. The highest BCUT2D eigenvalue weighted by molar-refractivity contribution is 6.30. The summed E-state index contributed by atoms with van der Waals surface area (Å²) in [4.78, 5) is 11.3. The maximum absolute atomic E-state index is 5.97. The van der Waals surface area contributed by atoms with E-state index in [4.69, 9.17) is 11.6 Å². The largest absolute Gasteiger partial charge is 0.297 e. The van der Waals surface area contributed by atoms with Crippen LogP contribution < -0.4 is 0 Å². The predicted molar refractivity (Wildman–Crippen MR) is 85.5 cm³/mol. The molecule has 1 aromatic carbocycles. The average molecular weight is 302 g/mol. The molecule has 3 nitrogen and oxygen atoms in total. The predicted octanol–water partition coefficient (Wildman–Crippen LogP) is 3.82. The van der Waals surface area contributed by atoms with Gasteiger partial charge in [-0.2, -0.15) is 0 Å². The first-order valence-electron chi connectivity index (χ1n) is 7.46. The first-order valence-corrected chi connectivity index (χ1v) is 7.84. The van der Waals surface area contributed by atoms with Crippen molar-refractivity contribution in [2.24, 2.45) is 0 Å². The van der Waals surface area contributed by atoms with Crippen LogP contribution in [0.15, 0.2) is 36.7 Å². The third-order valence-corrected chi connectivity index (χ3v) is 4.32. The van der Waals surface area contributed by atoms with Crippen molar-refractivity contribution in [2.45, 2.75) is 32.2 Å². The number of halogens is 1. The second-order valence-electron chi connectivity index (χ2n) is 5.77. The normalized spacial score (nSPS) is 19.6. The molecule has 0 amide bonds. The highest BCUT2D eigenvalue weighted by Gasteiger charge is 2.21. The summed E-state index contributed by atoms with van der Waals surface area (Å²) in [7, 11) is 0. The molecule has 1 unspecified atom stereocenters. The van der Waals surface area contributed by atoms with Gasteiger partial charge in [-0.05, 0) is 49.9 Å². The van der Waals surface area contributed by atoms with Gasteiger partial charge in [0, 0.05) is 30.5 Å². The number of nitrogens with zero attached hydrogens (tertiary/aromatic N) is 3. The minimum atomic E-state index is 0.592. The molecule has 0 N–H and O–H groups in total. The van der Waals surface area contributed by atoms with E-state index in [0.29, 0.717) is 5.92 Å². The molecule has 0 spiro atoms. The van der Waals surface area contributed by atoms with E-state index in [1.54, 1.807) is 0 Å². The van der Waals surface area contributed by atoms with Gasteiger partial charge in [-0.25, -0.2) is 0 Å². The van der Waals surface area contributed by atoms with E-state index < -0.39 is 0 Å². The number of likely N-dealkylation sites (tertiary alicyclic amines) is 1. The summed E-state index contributed by atoms with van der Waals surface area (Å²) < 4.78 is 0. The number of aromatic nitrogens is 2. The molecular formula is C17H20ClN3. The second kappa shape index (κ2) is 6.54. The van der Waals surface area contributed by atoms with Crippen LogP contribution in [0.4, 0.5) is 0 Å². The Morgan fingerprint density at radius 3 is 2.71 bits per heavy atom. The van der Waals surface area contributed by atoms with Crippen molar-refractivity contribution in [1.82, 2.24) is 14.9 Å². The molecule has 110 valence electrons. The molecule has 0 saturated carbocycles. The van der Waals surface area contributed by atoms with Crippen molar-refractivity contribution in [3.63, 3.8) is 0 Å². The highest BCUT2D eigenvalue weighted by atomic mass is 35.5. The molecule has 1 fully saturated rings. The summed E-state index contributed by atoms with van der Waals surface area (Å²) >= 11 is 5.97. The lowest BCUT2D eigenvalue weighted by Gasteiger charge is -2.32. The molecule has 1 aliphatic heterocycles. The van der Waals surface area contributed by atoms with Crippen LogP contribution in [0.3, 0.4) is 0 Å². The molecule has 4 heteroatoms. The monoisotopic (exact) mass is 301 g/mol. The summed E-state index contributed by atoms with van der Waals surface area (Å²) in [6.07, 6.45) is 6.21. The van der Waals surface area contributed by atoms with Crippen LogP contribution in [-0.2, 0) is 6.54 Å². The third kappa shape index (κ3) is 3.80. The van der Waals surface area contributed by atoms with E-state index in [9.17, 15) is 0 Å². The molecule has 1 atom stereocenters. The zero-order chi connectivity index (χ0) is 14.7. The van der Waals surface area contributed by atoms with Crippen LogP contribution in [0, 0.1) is 6.92 Å². The summed E-state index contributed by atoms with van der Waals surface area (Å²) in [5, 5.41) is 0.807. The molecular weight excluding hydrogens is 282 g/mol. The van der Waals surface area contributed by atoms with E-state index in [2.05, 4.69) is 27.0 Å². The van der Waals surface area contributed by atoms with E-state index >= 15 is 0 Å². The van der Waals surface area contributed by atoms with Gasteiger partial charge in [0.15, 0.2) is 0 Å². The zero-order valence-corrected chi connectivity index (χ0v) is 13.1. The number of rotatable bonds is 3. The molecule has 21 heavy (non-hydrogen) atoms. The molecule has 0 bridgehead atoms. The molecule has 0 aliphatic carbocycles. The number of hydrogen-bond acceptors (Lipinski definition) is 3. The van der Waals surface area contributed by atoms with Gasteiger partial charge in [0.2, 0.25) is 0 Å². The van der Waals surface area contributed by atoms with Crippen LogP contribution >= 0.6 is 11.6 Å². The van der Waals surface area contributed by atoms with Crippen molar-refractivity contribution < 1.29 is 0 Å². The topological polar surface area (TPSA) is 29.0 Å². The first kappa shape index (κ1) is 14.5. The summed E-state index contributed by atoms with van der Waals surface area (Å²) in [5.74, 6) is 0.592. The molecule has 1 aliphatic rings. The lowest BCUT2D eigenvalue weighted by Crippen LogP contribution is -2.34. The molecule has 1 saturated heterocycles. The van der Waals surface area contributed by atoms with Gasteiger partial charge in [0.05, 0.1) is 11.4 Å². The lowest BCUT2D eigenvalue weighted by atomic mass is 9.90. The highest BCUT2D eigenvalue weighted by Crippen LogP contribution is 2.28. The van der Waals surface area contributed by atoms with Gasteiger partial charge < -0.3 is 0 Å². The number of benzene rings is 1. The Bertz CT molecular complexity index is 580. The number of hydrogen-bond donors (Lipinski definition) is 0. The SMILES string of the molecule is Cc1cnc(CN2CCCC(c3ccc(Cl)cc3)C2)cn1. The molecule has 2 heterocycles. The Balaban J connectivity index is 1.65. The van der Waals surface area contributed by atoms with Crippen LogP contribution in [0.2, 0.25) is 5.02 Å². The third-order valence-electron chi connectivity index (χ3n) is 4.07. The van der Waals surface area contributed by atoms with E-state index in [1.165, 1.54) is 18.4 Å². The maximum Gasteiger partial charge on any atom is 0.0727 e. The number of aryl methyl sites for hydroxylation is 1. The van der Waals surface area contributed by atoms with Gasteiger partial charge >= 0.3 is 0 Å². The van der Waals surface area contributed by atoms with E-state index in [-0.39, 0.29) is 0 Å². The van der Waals surface area contributed by atoms with Crippen LogP contribution in [-0.4, -0.2) is 28.0 Å². The summed E-state index contributed by atoms with van der Waals surface area (Å²) in [6.45, 7) is 5.07. The van der Waals surface area contributed by atoms with Gasteiger partial charge in [-0.3, -0.25) is 14.9 Å². The van der Waals surface area contributed by atoms with Gasteiger partial charge in [0.1, 0.15) is 0 Å². The summed E-state index contributed by atoms with van der Waals surface area (Å²) in [6, 6.07) is 8.28. The fraction of sp³-hybridized carbons (Fsp3) is 0.412. The Labute approximate surface area is 131 Å². The fourth-order valence-corrected chi connectivity index (χ4v) is 3.06. The Morgan fingerprint density at radius 1 is 1.19 bits per heavy atom. The minimum absolute atomic E-state index is 0.592.